The van der Waals surface area contributed by atoms with Gasteiger partial charge in [-0.15, -0.1) is 11.3 Å². The van der Waals surface area contributed by atoms with Crippen molar-refractivity contribution in [3.05, 3.63) is 57.2 Å². The molecule has 0 bridgehead atoms. The maximum Gasteiger partial charge on any atom is 0.237 e. The van der Waals surface area contributed by atoms with Gasteiger partial charge in [-0.25, -0.2) is 0 Å². The van der Waals surface area contributed by atoms with Crippen LogP contribution in [0.25, 0.3) is 0 Å². The molecule has 0 fully saturated rings. The van der Waals surface area contributed by atoms with Gasteiger partial charge < -0.3 is 5.32 Å². The van der Waals surface area contributed by atoms with E-state index in [0.717, 1.165) is 15.5 Å². The standard InChI is InChI=1S/C18H23ClN2OS/c1-12(2)17(14-6-8-15(19)9-7-14)21-13(3)18(22)20-11-16-5-4-10-23-16/h4-10,12-13,17,21H,11H2,1-3H3,(H,20,22)/t13-,17-/m1/s1. The Balaban J connectivity index is 1.95. The molecule has 2 N–H and O–H groups in total. The van der Waals surface area contributed by atoms with Crippen LogP contribution in [0.3, 0.4) is 0 Å². The Morgan fingerprint density at radius 1 is 1.17 bits per heavy atom. The molecule has 1 aromatic heterocycles. The molecule has 0 unspecified atom stereocenters. The molecule has 0 aliphatic rings. The number of halogens is 1. The summed E-state index contributed by atoms with van der Waals surface area (Å²) in [4.78, 5) is 13.4. The SMILES string of the molecule is CC(C)[C@@H](N[C@H](C)C(=O)NCc1cccs1)c1ccc(Cl)cc1. The van der Waals surface area contributed by atoms with E-state index in [0.29, 0.717) is 12.5 Å². The second-order valence-corrected chi connectivity index (χ2v) is 7.43. The van der Waals surface area contributed by atoms with Gasteiger partial charge >= 0.3 is 0 Å². The zero-order valence-electron chi connectivity index (χ0n) is 13.7. The second-order valence-electron chi connectivity index (χ2n) is 5.96. The van der Waals surface area contributed by atoms with Crippen molar-refractivity contribution in [2.75, 3.05) is 0 Å². The molecule has 0 aliphatic heterocycles. The van der Waals surface area contributed by atoms with E-state index in [9.17, 15) is 4.79 Å². The number of nitrogens with one attached hydrogen (secondary N) is 2. The van der Waals surface area contributed by atoms with Crippen LogP contribution in [0.15, 0.2) is 41.8 Å². The minimum atomic E-state index is -0.266. The molecule has 0 saturated carbocycles. The van der Waals surface area contributed by atoms with Crippen LogP contribution in [-0.2, 0) is 11.3 Å². The molecule has 5 heteroatoms. The van der Waals surface area contributed by atoms with E-state index in [-0.39, 0.29) is 18.0 Å². The van der Waals surface area contributed by atoms with Gasteiger partial charge in [0.25, 0.3) is 0 Å². The fourth-order valence-electron chi connectivity index (χ4n) is 2.43. The molecule has 124 valence electrons. The van der Waals surface area contributed by atoms with Crippen LogP contribution >= 0.6 is 22.9 Å². The van der Waals surface area contributed by atoms with E-state index in [1.807, 2.05) is 48.7 Å². The Labute approximate surface area is 147 Å². The van der Waals surface area contributed by atoms with Gasteiger partial charge in [0.1, 0.15) is 0 Å². The van der Waals surface area contributed by atoms with Gasteiger partial charge in [-0.1, -0.05) is 43.6 Å². The quantitative estimate of drug-likeness (QED) is 0.777. The number of carbonyl (C=O) groups is 1. The third kappa shape index (κ3) is 5.34. The molecule has 2 atom stereocenters. The average Bonchev–Trinajstić information content (AvgIpc) is 3.04. The lowest BCUT2D eigenvalue weighted by atomic mass is 9.95. The van der Waals surface area contributed by atoms with E-state index in [1.165, 1.54) is 0 Å². The van der Waals surface area contributed by atoms with E-state index in [4.69, 9.17) is 11.6 Å². The lowest BCUT2D eigenvalue weighted by molar-refractivity contribution is -0.123. The monoisotopic (exact) mass is 350 g/mol. The highest BCUT2D eigenvalue weighted by molar-refractivity contribution is 7.09. The first-order valence-corrected chi connectivity index (χ1v) is 9.04. The third-order valence-electron chi connectivity index (χ3n) is 3.74. The molecule has 0 spiro atoms. The van der Waals surface area contributed by atoms with Crippen LogP contribution < -0.4 is 10.6 Å². The Morgan fingerprint density at radius 3 is 2.43 bits per heavy atom. The molecular formula is C18H23ClN2OS. The van der Waals surface area contributed by atoms with Crippen molar-refractivity contribution in [3.8, 4) is 0 Å². The van der Waals surface area contributed by atoms with Crippen LogP contribution in [0.2, 0.25) is 5.02 Å². The molecule has 2 aromatic rings. The summed E-state index contributed by atoms with van der Waals surface area (Å²) in [5, 5.41) is 9.14. The largest absolute Gasteiger partial charge is 0.350 e. The van der Waals surface area contributed by atoms with Crippen LogP contribution in [0, 0.1) is 5.92 Å². The number of thiophene rings is 1. The van der Waals surface area contributed by atoms with Gasteiger partial charge in [-0.05, 0) is 42.0 Å². The first kappa shape index (κ1) is 18.0. The van der Waals surface area contributed by atoms with Gasteiger partial charge in [-0.2, -0.15) is 0 Å². The van der Waals surface area contributed by atoms with Crippen molar-refractivity contribution >= 4 is 28.8 Å². The highest BCUT2D eigenvalue weighted by Gasteiger charge is 2.21. The van der Waals surface area contributed by atoms with E-state index in [1.54, 1.807) is 11.3 Å². The topological polar surface area (TPSA) is 41.1 Å². The summed E-state index contributed by atoms with van der Waals surface area (Å²) >= 11 is 7.60. The number of amides is 1. The summed E-state index contributed by atoms with van der Waals surface area (Å²) in [6.07, 6.45) is 0. The van der Waals surface area contributed by atoms with Gasteiger partial charge in [0.2, 0.25) is 5.91 Å². The molecule has 23 heavy (non-hydrogen) atoms. The van der Waals surface area contributed by atoms with E-state index in [2.05, 4.69) is 24.5 Å². The smallest absolute Gasteiger partial charge is 0.237 e. The highest BCUT2D eigenvalue weighted by Crippen LogP contribution is 2.23. The lowest BCUT2D eigenvalue weighted by Gasteiger charge is -2.26. The fraction of sp³-hybridized carbons (Fsp3) is 0.389. The molecule has 0 radical (unpaired) electrons. The van der Waals surface area contributed by atoms with Crippen LogP contribution in [0.4, 0.5) is 0 Å². The Hall–Kier alpha value is -1.36. The summed E-state index contributed by atoms with van der Waals surface area (Å²) in [7, 11) is 0. The van der Waals surface area contributed by atoms with Gasteiger partial charge in [-0.3, -0.25) is 10.1 Å². The van der Waals surface area contributed by atoms with Gasteiger partial charge in [0.05, 0.1) is 12.6 Å². The summed E-state index contributed by atoms with van der Waals surface area (Å²) < 4.78 is 0. The number of carbonyl (C=O) groups excluding carboxylic acids is 1. The zero-order chi connectivity index (χ0) is 16.8. The van der Waals surface area contributed by atoms with Crippen molar-refractivity contribution in [3.63, 3.8) is 0 Å². The number of rotatable bonds is 7. The highest BCUT2D eigenvalue weighted by atomic mass is 35.5. The summed E-state index contributed by atoms with van der Waals surface area (Å²) in [6.45, 7) is 6.76. The molecule has 0 saturated heterocycles. The average molecular weight is 351 g/mol. The Bertz CT molecular complexity index is 610. The van der Waals surface area contributed by atoms with Gasteiger partial charge in [0, 0.05) is 15.9 Å². The Morgan fingerprint density at radius 2 is 1.87 bits per heavy atom. The molecule has 1 heterocycles. The lowest BCUT2D eigenvalue weighted by Crippen LogP contribution is -2.44. The number of benzene rings is 1. The number of hydrogen-bond donors (Lipinski definition) is 2. The van der Waals surface area contributed by atoms with Crippen molar-refractivity contribution in [1.29, 1.82) is 0 Å². The normalized spacial score (nSPS) is 13.8. The van der Waals surface area contributed by atoms with E-state index < -0.39 is 0 Å². The minimum absolute atomic E-state index is 0.0120. The van der Waals surface area contributed by atoms with Gasteiger partial charge in [0.15, 0.2) is 0 Å². The summed E-state index contributed by atoms with van der Waals surface area (Å²) in [5.41, 5.74) is 1.14. The van der Waals surface area contributed by atoms with Crippen molar-refractivity contribution in [2.24, 2.45) is 5.92 Å². The predicted octanol–water partition coefficient (Wildman–Crippen LogP) is 4.39. The Kier molecular flexibility index (Phi) is 6.63. The predicted molar refractivity (Wildman–Crippen MR) is 97.8 cm³/mol. The van der Waals surface area contributed by atoms with Crippen LogP contribution in [0.5, 0.6) is 0 Å². The first-order chi connectivity index (χ1) is 11.0. The van der Waals surface area contributed by atoms with Crippen LogP contribution in [0.1, 0.15) is 37.3 Å². The molecule has 3 nitrogen and oxygen atoms in total. The third-order valence-corrected chi connectivity index (χ3v) is 4.86. The summed E-state index contributed by atoms with van der Waals surface area (Å²) in [5.74, 6) is 0.377. The molecule has 0 aliphatic carbocycles. The molecule has 1 aromatic carbocycles. The maximum atomic E-state index is 12.3. The molecule has 1 amide bonds. The van der Waals surface area contributed by atoms with E-state index >= 15 is 0 Å². The first-order valence-electron chi connectivity index (χ1n) is 7.79. The van der Waals surface area contributed by atoms with Crippen molar-refractivity contribution < 1.29 is 4.79 Å². The zero-order valence-corrected chi connectivity index (χ0v) is 15.2. The number of hydrogen-bond acceptors (Lipinski definition) is 3. The molecule has 2 rings (SSSR count). The fourth-order valence-corrected chi connectivity index (χ4v) is 3.20. The second kappa shape index (κ2) is 8.48. The minimum Gasteiger partial charge on any atom is -0.350 e. The van der Waals surface area contributed by atoms with Crippen LogP contribution in [-0.4, -0.2) is 11.9 Å². The maximum absolute atomic E-state index is 12.3. The van der Waals surface area contributed by atoms with Crippen molar-refractivity contribution in [2.45, 2.75) is 39.4 Å². The molecular weight excluding hydrogens is 328 g/mol. The summed E-state index contributed by atoms with van der Waals surface area (Å²) in [6, 6.07) is 11.6. The van der Waals surface area contributed by atoms with Crippen molar-refractivity contribution in [1.82, 2.24) is 10.6 Å².